The van der Waals surface area contributed by atoms with Gasteiger partial charge in [-0.2, -0.15) is 0 Å². The highest BCUT2D eigenvalue weighted by molar-refractivity contribution is 5.93. The van der Waals surface area contributed by atoms with Gasteiger partial charge in [-0.15, -0.1) is 0 Å². The maximum Gasteiger partial charge on any atom is 0.335 e. The minimum absolute atomic E-state index is 0.102. The van der Waals surface area contributed by atoms with Crippen LogP contribution >= 0.6 is 0 Å². The Kier molecular flexibility index (Phi) is 10.4. The molecule has 2 aromatic carbocycles. The molecule has 0 aliphatic carbocycles. The van der Waals surface area contributed by atoms with Crippen molar-refractivity contribution < 1.29 is 9.18 Å². The van der Waals surface area contributed by atoms with Crippen LogP contribution in [-0.4, -0.2) is 26.7 Å². The number of primary amides is 1. The van der Waals surface area contributed by atoms with E-state index in [1.54, 1.807) is 44.2 Å². The molecule has 2 aromatic heterocycles. The molecule has 0 aliphatic rings. The average Bonchev–Trinajstić information content (AvgIpc) is 2.92. The van der Waals surface area contributed by atoms with E-state index in [0.717, 1.165) is 15.8 Å². The van der Waals surface area contributed by atoms with Crippen molar-refractivity contribution in [2.24, 2.45) is 19.8 Å². The van der Waals surface area contributed by atoms with Crippen LogP contribution in [0.3, 0.4) is 0 Å². The van der Waals surface area contributed by atoms with Gasteiger partial charge < -0.3 is 16.4 Å². The Balaban J connectivity index is 0.000000998. The van der Waals surface area contributed by atoms with E-state index in [1.807, 2.05) is 26.8 Å². The van der Waals surface area contributed by atoms with E-state index in [0.29, 0.717) is 12.2 Å². The first-order valence-electron chi connectivity index (χ1n) is 12.5. The number of benzene rings is 2. The van der Waals surface area contributed by atoms with Gasteiger partial charge in [-0.1, -0.05) is 26.0 Å². The number of nitrogens with zero attached hydrogens (tertiary/aromatic N) is 3. The van der Waals surface area contributed by atoms with Crippen LogP contribution in [0.5, 0.6) is 0 Å². The third-order valence-corrected chi connectivity index (χ3v) is 5.87. The van der Waals surface area contributed by atoms with Crippen LogP contribution in [0.2, 0.25) is 0 Å². The van der Waals surface area contributed by atoms with Crippen molar-refractivity contribution in [3.05, 3.63) is 90.6 Å². The van der Waals surface area contributed by atoms with Crippen molar-refractivity contribution in [1.29, 1.82) is 0 Å². The fourth-order valence-electron chi connectivity index (χ4n) is 4.10. The van der Waals surface area contributed by atoms with Gasteiger partial charge in [0.2, 0.25) is 6.41 Å². The summed E-state index contributed by atoms with van der Waals surface area (Å²) in [7, 11) is 2.88. The van der Waals surface area contributed by atoms with Crippen molar-refractivity contribution in [2.75, 3.05) is 17.2 Å². The van der Waals surface area contributed by atoms with Gasteiger partial charge in [0.1, 0.15) is 17.0 Å². The third-order valence-electron chi connectivity index (χ3n) is 5.87. The lowest BCUT2D eigenvalue weighted by molar-refractivity contribution is -0.106. The highest BCUT2D eigenvalue weighted by Crippen LogP contribution is 2.27. The summed E-state index contributed by atoms with van der Waals surface area (Å²) in [5.74, 6) is -0.421. The van der Waals surface area contributed by atoms with Crippen LogP contribution in [0.1, 0.15) is 31.9 Å². The van der Waals surface area contributed by atoms with Gasteiger partial charge in [-0.25, -0.2) is 9.18 Å². The number of fused-ring (bicyclic) bond motifs is 1. The summed E-state index contributed by atoms with van der Waals surface area (Å²) in [6.07, 6.45) is 0.250. The van der Waals surface area contributed by atoms with Gasteiger partial charge in [0.25, 0.3) is 11.1 Å². The molecule has 0 aliphatic heterocycles. The Morgan fingerprint density at radius 1 is 0.974 bits per heavy atom. The summed E-state index contributed by atoms with van der Waals surface area (Å²) in [6, 6.07) is 11.8. The Bertz CT molecular complexity index is 1670. The van der Waals surface area contributed by atoms with Crippen LogP contribution in [-0.2, 0) is 18.9 Å². The van der Waals surface area contributed by atoms with E-state index in [1.165, 1.54) is 29.3 Å². The maximum absolute atomic E-state index is 14.7. The summed E-state index contributed by atoms with van der Waals surface area (Å²) in [4.78, 5) is 48.4. The van der Waals surface area contributed by atoms with Crippen molar-refractivity contribution >= 4 is 34.5 Å². The number of anilines is 3. The van der Waals surface area contributed by atoms with E-state index >= 15 is 0 Å². The van der Waals surface area contributed by atoms with Crippen LogP contribution < -0.4 is 33.2 Å². The molecular weight excluding hydrogens is 503 g/mol. The second kappa shape index (κ2) is 13.2. The lowest BCUT2D eigenvalue weighted by Crippen LogP contribution is -2.40. The van der Waals surface area contributed by atoms with E-state index in [9.17, 15) is 18.8 Å². The molecule has 39 heavy (non-hydrogen) atoms. The number of hydrogen-bond donors (Lipinski definition) is 3. The molecule has 2 heterocycles. The molecule has 11 heteroatoms. The fourth-order valence-corrected chi connectivity index (χ4v) is 4.10. The minimum atomic E-state index is -0.590. The number of pyridine rings is 1. The highest BCUT2D eigenvalue weighted by atomic mass is 19.1. The number of amides is 1. The number of nitrogens with one attached hydrogen (secondary N) is 2. The molecule has 4 rings (SSSR count). The number of halogens is 1. The molecule has 0 fully saturated rings. The summed E-state index contributed by atoms with van der Waals surface area (Å²) in [6.45, 7) is 9.98. The molecule has 0 saturated carbocycles. The molecule has 4 N–H and O–H groups in total. The third kappa shape index (κ3) is 6.08. The predicted molar refractivity (Wildman–Crippen MR) is 155 cm³/mol. The smallest absolute Gasteiger partial charge is 0.335 e. The number of carbonyl (C=O) groups excluding carboxylic acids is 1. The number of rotatable bonds is 5. The molecular formula is C28H35FN6O4. The van der Waals surface area contributed by atoms with E-state index in [-0.39, 0.29) is 34.4 Å². The molecule has 0 bridgehead atoms. The zero-order valence-corrected chi connectivity index (χ0v) is 23.3. The monoisotopic (exact) mass is 538 g/mol. The van der Waals surface area contributed by atoms with E-state index < -0.39 is 22.6 Å². The molecule has 0 radical (unpaired) electrons. The highest BCUT2D eigenvalue weighted by Gasteiger charge is 2.22. The summed E-state index contributed by atoms with van der Waals surface area (Å²) in [5.41, 5.74) is 5.12. The predicted octanol–water partition coefficient (Wildman–Crippen LogP) is 3.45. The summed E-state index contributed by atoms with van der Waals surface area (Å²) in [5, 5.41) is 6.23. The molecule has 208 valence electrons. The van der Waals surface area contributed by atoms with Crippen LogP contribution in [0.15, 0.2) is 56.8 Å². The maximum atomic E-state index is 14.7. The Hall–Kier alpha value is -4.67. The van der Waals surface area contributed by atoms with Gasteiger partial charge in [-0.05, 0) is 56.7 Å². The van der Waals surface area contributed by atoms with E-state index in [4.69, 9.17) is 4.79 Å². The zero-order valence-electron chi connectivity index (χ0n) is 23.3. The van der Waals surface area contributed by atoms with Crippen LogP contribution in [0.4, 0.5) is 21.6 Å². The van der Waals surface area contributed by atoms with Gasteiger partial charge in [0, 0.05) is 31.9 Å². The van der Waals surface area contributed by atoms with Gasteiger partial charge >= 0.3 is 5.69 Å². The first-order valence-corrected chi connectivity index (χ1v) is 12.5. The molecule has 0 spiro atoms. The van der Waals surface area contributed by atoms with Crippen molar-refractivity contribution in [2.45, 2.75) is 34.6 Å². The van der Waals surface area contributed by atoms with Gasteiger partial charge in [0.05, 0.1) is 16.9 Å². The molecule has 0 saturated heterocycles. The standard InChI is InChI=1S/C25H26FN5O3.C2H6.CH3NO/c1-6-27-16-8-7-9-17(13-16)31-21-15(3)23(32)29(4)22(20(21)24(33)30(5)25(31)34)28-19-11-10-14(2)12-18(19)26;1-2;2-1-3/h7-13,27-28H,6H2,1-5H3;1-2H3;1H,(H2,2,3). The lowest BCUT2D eigenvalue weighted by Gasteiger charge is -2.20. The van der Waals surface area contributed by atoms with Crippen molar-refractivity contribution in [3.8, 4) is 5.69 Å². The summed E-state index contributed by atoms with van der Waals surface area (Å²) < 4.78 is 18.3. The molecule has 1 amide bonds. The molecule has 0 unspecified atom stereocenters. The Labute approximate surface area is 225 Å². The first-order chi connectivity index (χ1) is 18.6. The lowest BCUT2D eigenvalue weighted by atomic mass is 10.1. The molecule has 0 atom stereocenters. The second-order valence-corrected chi connectivity index (χ2v) is 8.37. The topological polar surface area (TPSA) is 133 Å². The fraction of sp³-hybridized carbons (Fsp3) is 0.286. The van der Waals surface area contributed by atoms with Gasteiger partial charge in [-0.3, -0.25) is 28.1 Å². The largest absolute Gasteiger partial charge is 0.385 e. The quantitative estimate of drug-likeness (QED) is 0.334. The number of carbonyl (C=O) groups is 1. The normalized spacial score (nSPS) is 10.2. The number of aromatic nitrogens is 3. The molecule has 4 aromatic rings. The van der Waals surface area contributed by atoms with E-state index in [2.05, 4.69) is 16.4 Å². The SMILES string of the molecule is CC.CCNc1cccc(-n2c(=O)n(C)c(=O)c3c(Nc4ccc(C)cc4F)n(C)c(=O)c(C)c32)c1.NC=O. The second-order valence-electron chi connectivity index (χ2n) is 8.37. The summed E-state index contributed by atoms with van der Waals surface area (Å²) >= 11 is 0. The van der Waals surface area contributed by atoms with Crippen molar-refractivity contribution in [1.82, 2.24) is 13.7 Å². The van der Waals surface area contributed by atoms with Crippen LogP contribution in [0.25, 0.3) is 16.6 Å². The average molecular weight is 539 g/mol. The van der Waals surface area contributed by atoms with Crippen molar-refractivity contribution in [3.63, 3.8) is 0 Å². The minimum Gasteiger partial charge on any atom is -0.385 e. The Morgan fingerprint density at radius 3 is 2.21 bits per heavy atom. The van der Waals surface area contributed by atoms with Gasteiger partial charge in [0.15, 0.2) is 0 Å². The number of nitrogens with two attached hydrogens (primary N) is 1. The zero-order chi connectivity index (χ0) is 29.4. The molecule has 10 nitrogen and oxygen atoms in total. The number of aryl methyl sites for hydroxylation is 2. The number of hydrogen-bond acceptors (Lipinski definition) is 6. The first kappa shape index (κ1) is 30.6. The Morgan fingerprint density at radius 2 is 1.62 bits per heavy atom. The van der Waals surface area contributed by atoms with Crippen LogP contribution in [0, 0.1) is 19.7 Å².